The molecule has 0 aliphatic rings. The van der Waals surface area contributed by atoms with E-state index in [1.807, 2.05) is 32.0 Å². The van der Waals surface area contributed by atoms with Crippen LogP contribution in [0.1, 0.15) is 22.8 Å². The average Bonchev–Trinajstić information content (AvgIpc) is 2.27. The fraction of sp³-hybridized carbons (Fsp3) is 0.417. The van der Waals surface area contributed by atoms with Crippen molar-refractivity contribution in [2.24, 2.45) is 0 Å². The molecule has 3 nitrogen and oxygen atoms in total. The molecule has 0 atom stereocenters. The molecule has 0 unspecified atom stereocenters. The van der Waals surface area contributed by atoms with E-state index in [9.17, 15) is 4.79 Å². The smallest absolute Gasteiger partial charge is 0.251 e. The molecule has 0 bridgehead atoms. The Morgan fingerprint density at radius 3 is 2.81 bits per heavy atom. The number of rotatable bonds is 5. The fourth-order valence-corrected chi connectivity index (χ4v) is 1.74. The van der Waals surface area contributed by atoms with Gasteiger partial charge in [-0.15, -0.1) is 0 Å². The fourth-order valence-electron chi connectivity index (χ4n) is 1.38. The van der Waals surface area contributed by atoms with Gasteiger partial charge >= 0.3 is 0 Å². The number of likely N-dealkylation sites (N-methyl/N-ethyl adjacent to an activating group) is 1. The predicted molar refractivity (Wildman–Crippen MR) is 69.8 cm³/mol. The van der Waals surface area contributed by atoms with Crippen LogP contribution in [0.15, 0.2) is 22.7 Å². The van der Waals surface area contributed by atoms with Crippen molar-refractivity contribution in [2.75, 3.05) is 19.6 Å². The number of hydrogen-bond donors (Lipinski definition) is 2. The Balaban J connectivity index is 2.55. The van der Waals surface area contributed by atoms with Crippen LogP contribution in [0.2, 0.25) is 0 Å². The van der Waals surface area contributed by atoms with Crippen molar-refractivity contribution in [3.63, 3.8) is 0 Å². The first-order valence-corrected chi connectivity index (χ1v) is 6.19. The van der Waals surface area contributed by atoms with E-state index in [-0.39, 0.29) is 5.91 Å². The lowest BCUT2D eigenvalue weighted by Gasteiger charge is -2.08. The summed E-state index contributed by atoms with van der Waals surface area (Å²) < 4.78 is 0.926. The summed E-state index contributed by atoms with van der Waals surface area (Å²) in [5, 5.41) is 6.04. The molecule has 0 radical (unpaired) electrons. The second kappa shape index (κ2) is 6.66. The normalized spacial score (nSPS) is 10.2. The molecule has 0 aromatic heterocycles. The number of hydrogen-bond acceptors (Lipinski definition) is 2. The van der Waals surface area contributed by atoms with Crippen LogP contribution in [-0.2, 0) is 0 Å². The zero-order chi connectivity index (χ0) is 12.0. The minimum absolute atomic E-state index is 0.0169. The maximum Gasteiger partial charge on any atom is 0.251 e. The number of aryl methyl sites for hydroxylation is 1. The summed E-state index contributed by atoms with van der Waals surface area (Å²) >= 11 is 3.37. The number of benzene rings is 1. The molecule has 4 heteroatoms. The van der Waals surface area contributed by atoms with E-state index in [4.69, 9.17) is 0 Å². The van der Waals surface area contributed by atoms with Crippen molar-refractivity contribution in [1.29, 1.82) is 0 Å². The van der Waals surface area contributed by atoms with Crippen molar-refractivity contribution < 1.29 is 4.79 Å². The van der Waals surface area contributed by atoms with Gasteiger partial charge in [-0.1, -0.05) is 28.9 Å². The van der Waals surface area contributed by atoms with E-state index in [2.05, 4.69) is 26.6 Å². The highest BCUT2D eigenvalue weighted by atomic mass is 79.9. The predicted octanol–water partition coefficient (Wildman–Crippen LogP) is 2.10. The maximum absolute atomic E-state index is 11.8. The zero-order valence-corrected chi connectivity index (χ0v) is 11.2. The molecule has 0 aliphatic carbocycles. The summed E-state index contributed by atoms with van der Waals surface area (Å²) in [6.45, 7) is 6.35. The Labute approximate surface area is 105 Å². The van der Waals surface area contributed by atoms with Gasteiger partial charge in [0, 0.05) is 23.1 Å². The lowest BCUT2D eigenvalue weighted by molar-refractivity contribution is 0.0953. The highest BCUT2D eigenvalue weighted by Gasteiger charge is 2.08. The molecule has 16 heavy (non-hydrogen) atoms. The molecule has 0 spiro atoms. The molecule has 1 aromatic carbocycles. The van der Waals surface area contributed by atoms with Crippen LogP contribution in [0.4, 0.5) is 0 Å². The van der Waals surface area contributed by atoms with Crippen LogP contribution in [0.5, 0.6) is 0 Å². The monoisotopic (exact) mass is 284 g/mol. The van der Waals surface area contributed by atoms with Gasteiger partial charge in [-0.3, -0.25) is 4.79 Å². The van der Waals surface area contributed by atoms with E-state index in [0.29, 0.717) is 6.54 Å². The summed E-state index contributed by atoms with van der Waals surface area (Å²) in [5.74, 6) is -0.0169. The Kier molecular flexibility index (Phi) is 5.49. The van der Waals surface area contributed by atoms with Gasteiger partial charge in [-0.25, -0.2) is 0 Å². The van der Waals surface area contributed by atoms with E-state index in [1.54, 1.807) is 0 Å². The van der Waals surface area contributed by atoms with Crippen LogP contribution in [0, 0.1) is 6.92 Å². The minimum Gasteiger partial charge on any atom is -0.351 e. The minimum atomic E-state index is -0.0169. The van der Waals surface area contributed by atoms with Gasteiger partial charge in [0.05, 0.1) is 0 Å². The van der Waals surface area contributed by atoms with Gasteiger partial charge in [0.15, 0.2) is 0 Å². The third-order valence-electron chi connectivity index (χ3n) is 2.28. The Morgan fingerprint density at radius 2 is 2.12 bits per heavy atom. The van der Waals surface area contributed by atoms with Crippen LogP contribution >= 0.6 is 15.9 Å². The standard InChI is InChI=1S/C12H17BrN2O/c1-3-14-6-7-15-12(16)11-8-10(13)5-4-9(11)2/h4-5,8,14H,3,6-7H2,1-2H3,(H,15,16). The Bertz CT molecular complexity index is 366. The highest BCUT2D eigenvalue weighted by molar-refractivity contribution is 9.10. The second-order valence-electron chi connectivity index (χ2n) is 3.57. The van der Waals surface area contributed by atoms with E-state index in [1.165, 1.54) is 0 Å². The quantitative estimate of drug-likeness (QED) is 0.813. The molecule has 1 aromatic rings. The molecule has 1 rings (SSSR count). The molecule has 1 amide bonds. The first-order valence-electron chi connectivity index (χ1n) is 5.40. The van der Waals surface area contributed by atoms with Crippen LogP contribution in [0.25, 0.3) is 0 Å². The average molecular weight is 285 g/mol. The number of amides is 1. The lowest BCUT2D eigenvalue weighted by atomic mass is 10.1. The summed E-state index contributed by atoms with van der Waals surface area (Å²) in [6.07, 6.45) is 0. The Morgan fingerprint density at radius 1 is 1.38 bits per heavy atom. The summed E-state index contributed by atoms with van der Waals surface area (Å²) in [4.78, 5) is 11.8. The van der Waals surface area contributed by atoms with E-state index < -0.39 is 0 Å². The molecular formula is C12H17BrN2O. The summed E-state index contributed by atoms with van der Waals surface area (Å²) in [6, 6.07) is 5.71. The van der Waals surface area contributed by atoms with Gasteiger partial charge < -0.3 is 10.6 Å². The van der Waals surface area contributed by atoms with E-state index in [0.717, 1.165) is 28.7 Å². The molecule has 2 N–H and O–H groups in total. The molecule has 0 fully saturated rings. The molecule has 0 saturated carbocycles. The maximum atomic E-state index is 11.8. The molecule has 0 aliphatic heterocycles. The van der Waals surface area contributed by atoms with Crippen LogP contribution < -0.4 is 10.6 Å². The third kappa shape index (κ3) is 3.94. The lowest BCUT2D eigenvalue weighted by Crippen LogP contribution is -2.32. The zero-order valence-electron chi connectivity index (χ0n) is 9.64. The first-order chi connectivity index (χ1) is 7.65. The van der Waals surface area contributed by atoms with Gasteiger partial charge in [-0.05, 0) is 31.2 Å². The summed E-state index contributed by atoms with van der Waals surface area (Å²) in [5.41, 5.74) is 1.72. The SMILES string of the molecule is CCNCCNC(=O)c1cc(Br)ccc1C. The molecule has 88 valence electrons. The van der Waals surface area contributed by atoms with Crippen molar-refractivity contribution in [3.8, 4) is 0 Å². The van der Waals surface area contributed by atoms with E-state index >= 15 is 0 Å². The van der Waals surface area contributed by atoms with Crippen molar-refractivity contribution in [1.82, 2.24) is 10.6 Å². The van der Waals surface area contributed by atoms with Gasteiger partial charge in [0.25, 0.3) is 5.91 Å². The number of carbonyl (C=O) groups excluding carboxylic acids is 1. The van der Waals surface area contributed by atoms with Crippen molar-refractivity contribution >= 4 is 21.8 Å². The molecular weight excluding hydrogens is 268 g/mol. The largest absolute Gasteiger partial charge is 0.351 e. The second-order valence-corrected chi connectivity index (χ2v) is 4.48. The van der Waals surface area contributed by atoms with Gasteiger partial charge in [0.2, 0.25) is 0 Å². The number of halogens is 1. The molecule has 0 heterocycles. The topological polar surface area (TPSA) is 41.1 Å². The van der Waals surface area contributed by atoms with Crippen LogP contribution in [0.3, 0.4) is 0 Å². The van der Waals surface area contributed by atoms with Crippen molar-refractivity contribution in [2.45, 2.75) is 13.8 Å². The molecule has 0 saturated heterocycles. The number of nitrogens with one attached hydrogen (secondary N) is 2. The summed E-state index contributed by atoms with van der Waals surface area (Å²) in [7, 11) is 0. The Hall–Kier alpha value is -0.870. The first kappa shape index (κ1) is 13.2. The van der Waals surface area contributed by atoms with Crippen LogP contribution in [-0.4, -0.2) is 25.5 Å². The van der Waals surface area contributed by atoms with Crippen molar-refractivity contribution in [3.05, 3.63) is 33.8 Å². The third-order valence-corrected chi connectivity index (χ3v) is 2.77. The number of carbonyl (C=O) groups is 1. The van der Waals surface area contributed by atoms with Gasteiger partial charge in [-0.2, -0.15) is 0 Å². The van der Waals surface area contributed by atoms with Gasteiger partial charge in [0.1, 0.15) is 0 Å². The highest BCUT2D eigenvalue weighted by Crippen LogP contribution is 2.15.